The summed E-state index contributed by atoms with van der Waals surface area (Å²) in [5, 5.41) is 9.01. The van der Waals surface area contributed by atoms with E-state index in [9.17, 15) is 9.59 Å². The summed E-state index contributed by atoms with van der Waals surface area (Å²) >= 11 is 0. The van der Waals surface area contributed by atoms with Gasteiger partial charge in [-0.05, 0) is 34.2 Å². The number of fused-ring (bicyclic) bond motifs is 3. The molecule has 5 heteroatoms. The van der Waals surface area contributed by atoms with Gasteiger partial charge in [-0.1, -0.05) is 78.9 Å². The molecule has 1 aliphatic carbocycles. The predicted molar refractivity (Wildman–Crippen MR) is 119 cm³/mol. The molecule has 0 aliphatic heterocycles. The second-order valence-corrected chi connectivity index (χ2v) is 7.84. The Bertz CT molecular complexity index is 1030. The first-order chi connectivity index (χ1) is 15.1. The zero-order chi connectivity index (χ0) is 21.8. The van der Waals surface area contributed by atoms with Gasteiger partial charge in [-0.25, -0.2) is 0 Å². The summed E-state index contributed by atoms with van der Waals surface area (Å²) in [6.45, 7) is 0.210. The molecule has 0 saturated carbocycles. The minimum atomic E-state index is -0.935. The molecule has 3 N–H and O–H groups in total. The van der Waals surface area contributed by atoms with Gasteiger partial charge in [-0.2, -0.15) is 0 Å². The van der Waals surface area contributed by atoms with Crippen molar-refractivity contribution in [3.05, 3.63) is 95.6 Å². The summed E-state index contributed by atoms with van der Waals surface area (Å²) in [6.07, 6.45) is 0.0975. The standard InChI is InChI=1S/C26H25NO4/c27-23(14-15-24(28)29)25(17-8-2-1-3-9-17)26(30)31-16-22-20-12-6-4-10-18(20)19-11-5-7-13-21(19)22/h1-13,22-23,25H,14-16,27H2,(H,28,29)/t23-,25+/m1/s1. The highest BCUT2D eigenvalue weighted by Gasteiger charge is 2.33. The van der Waals surface area contributed by atoms with Crippen LogP contribution in [0.4, 0.5) is 0 Å². The molecule has 31 heavy (non-hydrogen) atoms. The molecule has 1 aliphatic rings. The zero-order valence-corrected chi connectivity index (χ0v) is 17.1. The minimum absolute atomic E-state index is 0.0389. The fourth-order valence-electron chi connectivity index (χ4n) is 4.37. The van der Waals surface area contributed by atoms with Crippen molar-refractivity contribution in [2.75, 3.05) is 6.61 Å². The Hall–Kier alpha value is -3.44. The first-order valence-electron chi connectivity index (χ1n) is 10.4. The summed E-state index contributed by atoms with van der Waals surface area (Å²) in [5.74, 6) is -2.11. The van der Waals surface area contributed by atoms with Crippen LogP contribution >= 0.6 is 0 Å². The van der Waals surface area contributed by atoms with Crippen LogP contribution in [0.15, 0.2) is 78.9 Å². The first-order valence-corrected chi connectivity index (χ1v) is 10.4. The van der Waals surface area contributed by atoms with Crippen LogP contribution in [-0.2, 0) is 14.3 Å². The zero-order valence-electron chi connectivity index (χ0n) is 17.1. The lowest BCUT2D eigenvalue weighted by molar-refractivity contribution is -0.147. The van der Waals surface area contributed by atoms with E-state index in [1.165, 1.54) is 0 Å². The predicted octanol–water partition coefficient (Wildman–Crippen LogP) is 4.32. The molecule has 3 aromatic carbocycles. The van der Waals surface area contributed by atoms with Gasteiger partial charge in [-0.3, -0.25) is 9.59 Å². The maximum absolute atomic E-state index is 13.2. The summed E-state index contributed by atoms with van der Waals surface area (Å²) in [5.41, 5.74) is 11.6. The fraction of sp³-hybridized carbons (Fsp3) is 0.231. The SMILES string of the molecule is N[C@H](CCC(=O)O)[C@@H](C(=O)OCC1c2ccccc2-c2ccccc21)c1ccccc1. The summed E-state index contributed by atoms with van der Waals surface area (Å²) in [6, 6.07) is 24.9. The van der Waals surface area contributed by atoms with Crippen LogP contribution < -0.4 is 5.73 Å². The van der Waals surface area contributed by atoms with Crippen molar-refractivity contribution in [2.24, 2.45) is 5.73 Å². The van der Waals surface area contributed by atoms with E-state index < -0.39 is 23.9 Å². The van der Waals surface area contributed by atoms with E-state index in [1.54, 1.807) is 0 Å². The number of ether oxygens (including phenoxy) is 1. The first kappa shape index (κ1) is 20.8. The number of esters is 1. The number of rotatable bonds is 8. The highest BCUT2D eigenvalue weighted by Crippen LogP contribution is 2.44. The van der Waals surface area contributed by atoms with Gasteiger partial charge in [0.25, 0.3) is 0 Å². The van der Waals surface area contributed by atoms with E-state index in [2.05, 4.69) is 24.3 Å². The number of carbonyl (C=O) groups excluding carboxylic acids is 1. The Balaban J connectivity index is 1.55. The molecule has 158 valence electrons. The lowest BCUT2D eigenvalue weighted by Gasteiger charge is -2.24. The van der Waals surface area contributed by atoms with Crippen LogP contribution in [0.25, 0.3) is 11.1 Å². The number of hydrogen-bond donors (Lipinski definition) is 2. The third-order valence-corrected chi connectivity index (χ3v) is 5.89. The van der Waals surface area contributed by atoms with Crippen LogP contribution in [0.1, 0.15) is 41.4 Å². The van der Waals surface area contributed by atoms with E-state index in [0.717, 1.165) is 27.8 Å². The largest absolute Gasteiger partial charge is 0.481 e. The molecule has 3 aromatic rings. The van der Waals surface area contributed by atoms with Crippen LogP contribution in [0.2, 0.25) is 0 Å². The van der Waals surface area contributed by atoms with Gasteiger partial charge in [0.1, 0.15) is 6.61 Å². The van der Waals surface area contributed by atoms with E-state index in [0.29, 0.717) is 0 Å². The average Bonchev–Trinajstić information content (AvgIpc) is 3.11. The van der Waals surface area contributed by atoms with Crippen molar-refractivity contribution >= 4 is 11.9 Å². The third kappa shape index (κ3) is 4.37. The van der Waals surface area contributed by atoms with Gasteiger partial charge in [0, 0.05) is 18.4 Å². The van der Waals surface area contributed by atoms with Crippen molar-refractivity contribution in [1.82, 2.24) is 0 Å². The van der Waals surface area contributed by atoms with Crippen molar-refractivity contribution in [3.8, 4) is 11.1 Å². The van der Waals surface area contributed by atoms with Crippen LogP contribution in [-0.4, -0.2) is 29.7 Å². The lowest BCUT2D eigenvalue weighted by Crippen LogP contribution is -2.35. The van der Waals surface area contributed by atoms with E-state index in [-0.39, 0.29) is 25.4 Å². The van der Waals surface area contributed by atoms with Crippen molar-refractivity contribution in [3.63, 3.8) is 0 Å². The van der Waals surface area contributed by atoms with Gasteiger partial charge in [0.15, 0.2) is 0 Å². The molecule has 4 rings (SSSR count). The molecule has 0 saturated heterocycles. The van der Waals surface area contributed by atoms with E-state index in [1.807, 2.05) is 54.6 Å². The molecule has 0 bridgehead atoms. The Morgan fingerprint density at radius 1 is 0.871 bits per heavy atom. The Labute approximate surface area is 181 Å². The fourth-order valence-corrected chi connectivity index (χ4v) is 4.37. The Kier molecular flexibility index (Phi) is 6.14. The molecule has 5 nitrogen and oxygen atoms in total. The van der Waals surface area contributed by atoms with Crippen molar-refractivity contribution in [1.29, 1.82) is 0 Å². The molecule has 0 aromatic heterocycles. The summed E-state index contributed by atoms with van der Waals surface area (Å²) < 4.78 is 5.82. The summed E-state index contributed by atoms with van der Waals surface area (Å²) in [4.78, 5) is 24.2. The van der Waals surface area contributed by atoms with Crippen molar-refractivity contribution < 1.29 is 19.4 Å². The Morgan fingerprint density at radius 3 is 2.00 bits per heavy atom. The van der Waals surface area contributed by atoms with E-state index in [4.69, 9.17) is 15.6 Å². The minimum Gasteiger partial charge on any atom is -0.481 e. The number of carboxylic acid groups (broad SMARTS) is 1. The highest BCUT2D eigenvalue weighted by molar-refractivity contribution is 5.81. The average molecular weight is 415 g/mol. The molecule has 0 fully saturated rings. The monoisotopic (exact) mass is 415 g/mol. The smallest absolute Gasteiger partial charge is 0.315 e. The normalized spacial score (nSPS) is 14.4. The van der Waals surface area contributed by atoms with Crippen LogP contribution in [0.5, 0.6) is 0 Å². The quantitative estimate of drug-likeness (QED) is 0.535. The van der Waals surface area contributed by atoms with Crippen molar-refractivity contribution in [2.45, 2.75) is 30.7 Å². The van der Waals surface area contributed by atoms with Crippen LogP contribution in [0.3, 0.4) is 0 Å². The molecule has 0 unspecified atom stereocenters. The number of benzene rings is 3. The number of hydrogen-bond acceptors (Lipinski definition) is 4. The second kappa shape index (κ2) is 9.14. The topological polar surface area (TPSA) is 89.6 Å². The molecule has 0 amide bonds. The van der Waals surface area contributed by atoms with E-state index >= 15 is 0 Å². The molecule has 0 spiro atoms. The second-order valence-electron chi connectivity index (χ2n) is 7.84. The van der Waals surface area contributed by atoms with Gasteiger partial charge in [0.05, 0.1) is 5.92 Å². The molecular formula is C26H25NO4. The third-order valence-electron chi connectivity index (χ3n) is 5.89. The van der Waals surface area contributed by atoms with Gasteiger partial charge in [0.2, 0.25) is 0 Å². The van der Waals surface area contributed by atoms with Crippen LogP contribution in [0, 0.1) is 0 Å². The molecule has 0 radical (unpaired) electrons. The molecular weight excluding hydrogens is 390 g/mol. The lowest BCUT2D eigenvalue weighted by atomic mass is 9.89. The number of carbonyl (C=O) groups is 2. The molecule has 2 atom stereocenters. The maximum atomic E-state index is 13.2. The number of carboxylic acids is 1. The number of aliphatic carboxylic acids is 1. The molecule has 0 heterocycles. The summed E-state index contributed by atoms with van der Waals surface area (Å²) in [7, 11) is 0. The van der Waals surface area contributed by atoms with Gasteiger partial charge in [-0.15, -0.1) is 0 Å². The number of nitrogens with two attached hydrogens (primary N) is 1. The Morgan fingerprint density at radius 2 is 1.42 bits per heavy atom. The maximum Gasteiger partial charge on any atom is 0.315 e. The highest BCUT2D eigenvalue weighted by atomic mass is 16.5. The van der Waals surface area contributed by atoms with Gasteiger partial charge < -0.3 is 15.6 Å². The van der Waals surface area contributed by atoms with Gasteiger partial charge >= 0.3 is 11.9 Å².